The molecule has 9 heteroatoms. The molecule has 2 heterocycles. The first-order chi connectivity index (χ1) is 14.8. The average molecular weight is 443 g/mol. The standard InChI is InChI=1S/C22H16F3N3O2S/c1-2-28-17-9-8-15(12-18(17)31-20-16(21(28)30)7-4-10-26-20)27-19(29)13-5-3-6-14(11-13)22(23,24)25/h3-12H,2H2,1H3,(H,27,29). The van der Waals surface area contributed by atoms with Crippen molar-refractivity contribution in [1.82, 2.24) is 4.98 Å². The highest BCUT2D eigenvalue weighted by Crippen LogP contribution is 2.41. The van der Waals surface area contributed by atoms with Crippen LogP contribution in [0, 0.1) is 0 Å². The van der Waals surface area contributed by atoms with Crippen LogP contribution in [-0.2, 0) is 6.18 Å². The number of carbonyl (C=O) groups is 2. The predicted octanol–water partition coefficient (Wildman–Crippen LogP) is 5.48. The molecule has 158 valence electrons. The fourth-order valence-electron chi connectivity index (χ4n) is 3.24. The Kier molecular flexibility index (Phi) is 5.45. The maximum Gasteiger partial charge on any atom is 0.416 e. The zero-order valence-electron chi connectivity index (χ0n) is 16.2. The van der Waals surface area contributed by atoms with Crippen molar-refractivity contribution in [3.63, 3.8) is 0 Å². The summed E-state index contributed by atoms with van der Waals surface area (Å²) < 4.78 is 38.8. The normalized spacial score (nSPS) is 13.3. The van der Waals surface area contributed by atoms with Gasteiger partial charge in [-0.05, 0) is 55.5 Å². The number of rotatable bonds is 3. The van der Waals surface area contributed by atoms with E-state index in [2.05, 4.69) is 10.3 Å². The number of alkyl halides is 3. The van der Waals surface area contributed by atoms with Gasteiger partial charge >= 0.3 is 6.18 Å². The van der Waals surface area contributed by atoms with E-state index in [1.807, 2.05) is 6.92 Å². The smallest absolute Gasteiger partial charge is 0.322 e. The van der Waals surface area contributed by atoms with Crippen molar-refractivity contribution >= 4 is 35.0 Å². The fourth-order valence-corrected chi connectivity index (χ4v) is 4.30. The van der Waals surface area contributed by atoms with Crippen molar-refractivity contribution in [3.05, 3.63) is 77.5 Å². The quantitative estimate of drug-likeness (QED) is 0.582. The average Bonchev–Trinajstić information content (AvgIpc) is 2.86. The molecule has 1 aliphatic heterocycles. The number of benzene rings is 2. The van der Waals surface area contributed by atoms with Crippen molar-refractivity contribution in [2.75, 3.05) is 16.8 Å². The molecule has 0 atom stereocenters. The summed E-state index contributed by atoms with van der Waals surface area (Å²) in [6.45, 7) is 2.30. The van der Waals surface area contributed by atoms with Gasteiger partial charge in [0, 0.05) is 28.9 Å². The number of carbonyl (C=O) groups excluding carboxylic acids is 2. The van der Waals surface area contributed by atoms with E-state index in [9.17, 15) is 22.8 Å². The van der Waals surface area contributed by atoms with E-state index >= 15 is 0 Å². The zero-order valence-corrected chi connectivity index (χ0v) is 17.1. The number of nitrogens with zero attached hydrogens (tertiary/aromatic N) is 2. The Labute approximate surface area is 180 Å². The first kappa shape index (κ1) is 20.9. The van der Waals surface area contributed by atoms with Crippen LogP contribution in [0.25, 0.3) is 0 Å². The van der Waals surface area contributed by atoms with Crippen LogP contribution in [0.5, 0.6) is 0 Å². The van der Waals surface area contributed by atoms with Crippen molar-refractivity contribution < 1.29 is 22.8 Å². The molecule has 0 bridgehead atoms. The number of halogens is 3. The molecule has 2 aromatic carbocycles. The maximum atomic E-state index is 12.9. The molecular weight excluding hydrogens is 427 g/mol. The van der Waals surface area contributed by atoms with Gasteiger partial charge in [-0.15, -0.1) is 0 Å². The molecule has 0 fully saturated rings. The van der Waals surface area contributed by atoms with E-state index in [4.69, 9.17) is 0 Å². The third kappa shape index (κ3) is 4.13. The number of amides is 2. The Hall–Kier alpha value is -3.33. The fraction of sp³-hybridized carbons (Fsp3) is 0.136. The first-order valence-corrected chi connectivity index (χ1v) is 10.2. The van der Waals surface area contributed by atoms with E-state index in [0.29, 0.717) is 33.4 Å². The lowest BCUT2D eigenvalue weighted by atomic mass is 10.1. The third-order valence-electron chi connectivity index (χ3n) is 4.73. The number of nitrogens with one attached hydrogen (secondary N) is 1. The number of pyridine rings is 1. The van der Waals surface area contributed by atoms with E-state index in [-0.39, 0.29) is 11.5 Å². The number of hydrogen-bond acceptors (Lipinski definition) is 4. The topological polar surface area (TPSA) is 62.3 Å². The summed E-state index contributed by atoms with van der Waals surface area (Å²) in [6.07, 6.45) is -2.94. The van der Waals surface area contributed by atoms with Gasteiger partial charge < -0.3 is 10.2 Å². The summed E-state index contributed by atoms with van der Waals surface area (Å²) in [4.78, 5) is 32.1. The van der Waals surface area contributed by atoms with Gasteiger partial charge in [0.15, 0.2) is 0 Å². The van der Waals surface area contributed by atoms with Gasteiger partial charge in [0.05, 0.1) is 16.8 Å². The SMILES string of the molecule is CCN1C(=O)c2cccnc2Sc2cc(NC(=O)c3cccc(C(F)(F)F)c3)ccc21. The van der Waals surface area contributed by atoms with Gasteiger partial charge in [0.1, 0.15) is 5.03 Å². The molecule has 0 saturated heterocycles. The second kappa shape index (κ2) is 8.07. The van der Waals surface area contributed by atoms with Crippen LogP contribution in [0.4, 0.5) is 24.5 Å². The Morgan fingerprint density at radius 3 is 2.68 bits per heavy atom. The molecule has 0 radical (unpaired) electrons. The minimum atomic E-state index is -4.53. The van der Waals surface area contributed by atoms with Crippen LogP contribution in [0.15, 0.2) is 70.7 Å². The zero-order chi connectivity index (χ0) is 22.2. The van der Waals surface area contributed by atoms with Crippen LogP contribution in [0.3, 0.4) is 0 Å². The van der Waals surface area contributed by atoms with Crippen molar-refractivity contribution in [2.24, 2.45) is 0 Å². The molecule has 0 unspecified atom stereocenters. The lowest BCUT2D eigenvalue weighted by molar-refractivity contribution is -0.137. The minimum absolute atomic E-state index is 0.102. The second-order valence-electron chi connectivity index (χ2n) is 6.72. The van der Waals surface area contributed by atoms with Crippen LogP contribution in [0.1, 0.15) is 33.2 Å². The molecule has 2 amide bonds. The molecule has 3 aromatic rings. The summed E-state index contributed by atoms with van der Waals surface area (Å²) in [7, 11) is 0. The molecule has 1 N–H and O–H groups in total. The molecule has 1 aromatic heterocycles. The monoisotopic (exact) mass is 443 g/mol. The largest absolute Gasteiger partial charge is 0.416 e. The Morgan fingerprint density at radius 2 is 1.94 bits per heavy atom. The second-order valence-corrected chi connectivity index (χ2v) is 7.75. The highest BCUT2D eigenvalue weighted by molar-refractivity contribution is 7.99. The summed E-state index contributed by atoms with van der Waals surface area (Å²) in [5.74, 6) is -0.829. The lowest BCUT2D eigenvalue weighted by Gasteiger charge is -2.21. The summed E-state index contributed by atoms with van der Waals surface area (Å²) in [6, 6.07) is 12.7. The van der Waals surface area contributed by atoms with E-state index in [0.717, 1.165) is 12.1 Å². The molecule has 1 aliphatic rings. The molecule has 0 saturated carbocycles. The van der Waals surface area contributed by atoms with Crippen molar-refractivity contribution in [1.29, 1.82) is 0 Å². The van der Waals surface area contributed by atoms with Crippen molar-refractivity contribution in [2.45, 2.75) is 23.0 Å². The molecule has 31 heavy (non-hydrogen) atoms. The summed E-state index contributed by atoms with van der Waals surface area (Å²) in [5.41, 5.74) is 0.566. The molecular formula is C22H16F3N3O2S. The van der Waals surface area contributed by atoms with Crippen LogP contribution < -0.4 is 10.2 Å². The van der Waals surface area contributed by atoms with Gasteiger partial charge in [-0.25, -0.2) is 4.98 Å². The first-order valence-electron chi connectivity index (χ1n) is 9.35. The van der Waals surface area contributed by atoms with Gasteiger partial charge in [0.25, 0.3) is 11.8 Å². The van der Waals surface area contributed by atoms with E-state index in [1.165, 1.54) is 23.9 Å². The number of hydrogen-bond donors (Lipinski definition) is 1. The van der Waals surface area contributed by atoms with Gasteiger partial charge in [-0.2, -0.15) is 13.2 Å². The Balaban J connectivity index is 1.66. The maximum absolute atomic E-state index is 12.9. The highest BCUT2D eigenvalue weighted by Gasteiger charge is 2.31. The van der Waals surface area contributed by atoms with E-state index < -0.39 is 17.6 Å². The number of anilines is 2. The van der Waals surface area contributed by atoms with Gasteiger partial charge in [0.2, 0.25) is 0 Å². The predicted molar refractivity (Wildman–Crippen MR) is 112 cm³/mol. The summed E-state index contributed by atoms with van der Waals surface area (Å²) >= 11 is 1.30. The van der Waals surface area contributed by atoms with Crippen LogP contribution >= 0.6 is 11.8 Å². The Morgan fingerprint density at radius 1 is 1.13 bits per heavy atom. The number of aromatic nitrogens is 1. The van der Waals surface area contributed by atoms with E-state index in [1.54, 1.807) is 41.4 Å². The number of fused-ring (bicyclic) bond motifs is 2. The summed E-state index contributed by atoms with van der Waals surface area (Å²) in [5, 5.41) is 3.18. The lowest BCUT2D eigenvalue weighted by Crippen LogP contribution is -2.30. The molecule has 5 nitrogen and oxygen atoms in total. The van der Waals surface area contributed by atoms with Crippen molar-refractivity contribution in [3.8, 4) is 0 Å². The minimum Gasteiger partial charge on any atom is -0.322 e. The van der Waals surface area contributed by atoms with Crippen LogP contribution in [-0.4, -0.2) is 23.3 Å². The third-order valence-corrected chi connectivity index (χ3v) is 5.80. The highest BCUT2D eigenvalue weighted by atomic mass is 32.2. The molecule has 0 aliphatic carbocycles. The molecule has 4 rings (SSSR count). The van der Waals surface area contributed by atoms with Crippen LogP contribution in [0.2, 0.25) is 0 Å². The Bertz CT molecular complexity index is 1180. The van der Waals surface area contributed by atoms with Gasteiger partial charge in [-0.3, -0.25) is 9.59 Å². The van der Waals surface area contributed by atoms with Gasteiger partial charge in [-0.1, -0.05) is 17.8 Å². The molecule has 0 spiro atoms.